The number of anilines is 1. The van der Waals surface area contributed by atoms with E-state index in [0.29, 0.717) is 17.5 Å². The van der Waals surface area contributed by atoms with Crippen molar-refractivity contribution in [2.24, 2.45) is 0 Å². The molecule has 0 aliphatic rings. The topological polar surface area (TPSA) is 29.0 Å². The zero-order valence-electron chi connectivity index (χ0n) is 11.1. The second-order valence-electron chi connectivity index (χ2n) is 4.49. The van der Waals surface area contributed by atoms with Crippen molar-refractivity contribution in [2.45, 2.75) is 20.4 Å². The van der Waals surface area contributed by atoms with Crippen LogP contribution in [0.25, 0.3) is 0 Å². The van der Waals surface area contributed by atoms with E-state index in [1.54, 1.807) is 0 Å². The van der Waals surface area contributed by atoms with Crippen LogP contribution < -0.4 is 4.90 Å². The van der Waals surface area contributed by atoms with Gasteiger partial charge in [0, 0.05) is 18.6 Å². The maximum Gasteiger partial charge on any atom is 0.171 e. The molecule has 0 saturated carbocycles. The fourth-order valence-corrected chi connectivity index (χ4v) is 2.18. The minimum atomic E-state index is 0.430. The van der Waals surface area contributed by atoms with Gasteiger partial charge in [0.05, 0.1) is 11.4 Å². The van der Waals surface area contributed by atoms with Crippen molar-refractivity contribution >= 4 is 29.0 Å². The smallest absolute Gasteiger partial charge is 0.171 e. The highest BCUT2D eigenvalue weighted by Gasteiger charge is 2.11. The average Bonchev–Trinajstić information content (AvgIpc) is 2.36. The lowest BCUT2D eigenvalue weighted by molar-refractivity contribution is 0.876. The fraction of sp³-hybridized carbons (Fsp3) is 0.286. The van der Waals surface area contributed by atoms with E-state index in [9.17, 15) is 0 Å². The monoisotopic (exact) mass is 295 g/mol. The van der Waals surface area contributed by atoms with Crippen molar-refractivity contribution in [1.82, 2.24) is 9.97 Å². The molecule has 0 bridgehead atoms. The molecule has 2 aromatic rings. The van der Waals surface area contributed by atoms with Crippen LogP contribution in [0.15, 0.2) is 24.3 Å². The van der Waals surface area contributed by atoms with Crippen molar-refractivity contribution in [3.05, 3.63) is 51.4 Å². The van der Waals surface area contributed by atoms with Gasteiger partial charge in [-0.1, -0.05) is 35.3 Å². The lowest BCUT2D eigenvalue weighted by Gasteiger charge is -2.20. The Bertz CT molecular complexity index is 582. The molecule has 0 amide bonds. The van der Waals surface area contributed by atoms with E-state index in [0.717, 1.165) is 22.0 Å². The van der Waals surface area contributed by atoms with E-state index in [2.05, 4.69) is 9.97 Å². The molecule has 5 heteroatoms. The molecule has 19 heavy (non-hydrogen) atoms. The van der Waals surface area contributed by atoms with E-state index in [1.165, 1.54) is 0 Å². The average molecular weight is 296 g/mol. The molecule has 1 heterocycles. The molecule has 0 aliphatic heterocycles. The maximum absolute atomic E-state index is 6.15. The first-order valence-corrected chi connectivity index (χ1v) is 6.69. The van der Waals surface area contributed by atoms with Crippen LogP contribution in [-0.4, -0.2) is 17.0 Å². The minimum Gasteiger partial charge on any atom is -0.353 e. The van der Waals surface area contributed by atoms with Gasteiger partial charge in [0.2, 0.25) is 0 Å². The number of hydrogen-bond acceptors (Lipinski definition) is 3. The van der Waals surface area contributed by atoms with Gasteiger partial charge in [-0.2, -0.15) is 0 Å². The van der Waals surface area contributed by atoms with E-state index in [4.69, 9.17) is 23.2 Å². The van der Waals surface area contributed by atoms with Crippen LogP contribution in [0.5, 0.6) is 0 Å². The largest absolute Gasteiger partial charge is 0.353 e. The van der Waals surface area contributed by atoms with Gasteiger partial charge in [-0.05, 0) is 31.5 Å². The zero-order valence-corrected chi connectivity index (χ0v) is 12.6. The second-order valence-corrected chi connectivity index (χ2v) is 5.29. The summed E-state index contributed by atoms with van der Waals surface area (Å²) in [6.07, 6.45) is 0. The molecule has 0 spiro atoms. The molecule has 1 aromatic heterocycles. The van der Waals surface area contributed by atoms with Crippen LogP contribution in [0.3, 0.4) is 0 Å². The third-order valence-electron chi connectivity index (χ3n) is 2.94. The Kier molecular flexibility index (Phi) is 4.27. The highest BCUT2D eigenvalue weighted by molar-refractivity contribution is 6.31. The number of aryl methyl sites for hydroxylation is 2. The Hall–Kier alpha value is -1.32. The van der Waals surface area contributed by atoms with Crippen LogP contribution in [0.2, 0.25) is 10.2 Å². The summed E-state index contributed by atoms with van der Waals surface area (Å²) in [7, 11) is 1.94. The lowest BCUT2D eigenvalue weighted by Crippen LogP contribution is -2.19. The van der Waals surface area contributed by atoms with Crippen molar-refractivity contribution < 1.29 is 0 Å². The highest BCUT2D eigenvalue weighted by atomic mass is 35.5. The van der Waals surface area contributed by atoms with E-state index in [-0.39, 0.29) is 0 Å². The molecule has 1 aromatic carbocycles. The molecule has 2 rings (SSSR count). The van der Waals surface area contributed by atoms with Crippen molar-refractivity contribution in [3.8, 4) is 0 Å². The van der Waals surface area contributed by atoms with Crippen molar-refractivity contribution in [1.29, 1.82) is 0 Å². The summed E-state index contributed by atoms with van der Waals surface area (Å²) < 4.78 is 0. The first-order valence-electron chi connectivity index (χ1n) is 5.93. The summed E-state index contributed by atoms with van der Waals surface area (Å²) in [5, 5.41) is 1.16. The van der Waals surface area contributed by atoms with Gasteiger partial charge in [-0.15, -0.1) is 0 Å². The fourth-order valence-electron chi connectivity index (χ4n) is 1.75. The Morgan fingerprint density at radius 2 is 1.58 bits per heavy atom. The maximum atomic E-state index is 6.15. The molecular formula is C14H15Cl2N3. The molecule has 0 aliphatic carbocycles. The number of hydrogen-bond donors (Lipinski definition) is 0. The number of rotatable bonds is 3. The van der Waals surface area contributed by atoms with Crippen molar-refractivity contribution in [3.63, 3.8) is 0 Å². The van der Waals surface area contributed by atoms with E-state index >= 15 is 0 Å². The predicted molar refractivity (Wildman–Crippen MR) is 80.1 cm³/mol. The van der Waals surface area contributed by atoms with Gasteiger partial charge < -0.3 is 4.90 Å². The lowest BCUT2D eigenvalue weighted by atomic mass is 10.2. The van der Waals surface area contributed by atoms with Crippen LogP contribution in [0.1, 0.15) is 17.0 Å². The standard InChI is InChI=1S/C14H15Cl2N3/c1-9-10(2)18-14(13(16)17-9)19(3)8-11-4-6-12(15)7-5-11/h4-7H,8H2,1-3H3. The first kappa shape index (κ1) is 14.1. The SMILES string of the molecule is Cc1nc(Cl)c(N(C)Cc2ccc(Cl)cc2)nc1C. The van der Waals surface area contributed by atoms with Gasteiger partial charge in [0.25, 0.3) is 0 Å². The van der Waals surface area contributed by atoms with Gasteiger partial charge >= 0.3 is 0 Å². The Morgan fingerprint density at radius 3 is 2.21 bits per heavy atom. The summed E-state index contributed by atoms with van der Waals surface area (Å²) in [5.41, 5.74) is 2.89. The minimum absolute atomic E-state index is 0.430. The number of halogens is 2. The summed E-state index contributed by atoms with van der Waals surface area (Å²) in [6, 6.07) is 7.72. The number of nitrogens with zero attached hydrogens (tertiary/aromatic N) is 3. The van der Waals surface area contributed by atoms with Crippen LogP contribution in [0, 0.1) is 13.8 Å². The van der Waals surface area contributed by atoms with Crippen LogP contribution >= 0.6 is 23.2 Å². The number of aromatic nitrogens is 2. The van der Waals surface area contributed by atoms with Crippen LogP contribution in [0.4, 0.5) is 5.82 Å². The third kappa shape index (κ3) is 3.37. The van der Waals surface area contributed by atoms with Gasteiger partial charge in [-0.25, -0.2) is 9.97 Å². The van der Waals surface area contributed by atoms with Gasteiger partial charge in [-0.3, -0.25) is 0 Å². The van der Waals surface area contributed by atoms with E-state index in [1.807, 2.05) is 50.1 Å². The molecular weight excluding hydrogens is 281 g/mol. The summed E-state index contributed by atoms with van der Waals surface area (Å²) in [4.78, 5) is 10.8. The Balaban J connectivity index is 2.22. The summed E-state index contributed by atoms with van der Waals surface area (Å²) in [6.45, 7) is 4.53. The van der Waals surface area contributed by atoms with E-state index < -0.39 is 0 Å². The molecule has 0 fully saturated rings. The quantitative estimate of drug-likeness (QED) is 0.856. The molecule has 0 N–H and O–H groups in total. The molecule has 0 saturated heterocycles. The van der Waals surface area contributed by atoms with Crippen molar-refractivity contribution in [2.75, 3.05) is 11.9 Å². The normalized spacial score (nSPS) is 10.6. The Labute approximate surface area is 123 Å². The summed E-state index contributed by atoms with van der Waals surface area (Å²) in [5.74, 6) is 0.694. The number of benzene rings is 1. The Morgan fingerprint density at radius 1 is 1.00 bits per heavy atom. The highest BCUT2D eigenvalue weighted by Crippen LogP contribution is 2.23. The molecule has 0 radical (unpaired) electrons. The third-order valence-corrected chi connectivity index (χ3v) is 3.45. The zero-order chi connectivity index (χ0) is 14.0. The van der Waals surface area contributed by atoms with Gasteiger partial charge in [0.15, 0.2) is 11.0 Å². The summed E-state index contributed by atoms with van der Waals surface area (Å²) >= 11 is 12.0. The second kappa shape index (κ2) is 5.76. The predicted octanol–water partition coefficient (Wildman–Crippen LogP) is 4.04. The molecule has 0 atom stereocenters. The van der Waals surface area contributed by atoms with Crippen LogP contribution in [-0.2, 0) is 6.54 Å². The molecule has 0 unspecified atom stereocenters. The first-order chi connectivity index (χ1) is 8.97. The molecule has 100 valence electrons. The molecule has 3 nitrogen and oxygen atoms in total. The van der Waals surface area contributed by atoms with Gasteiger partial charge in [0.1, 0.15) is 0 Å².